The quantitative estimate of drug-likeness (QED) is 0.728. The molecule has 24 heavy (non-hydrogen) atoms. The number of hydrogen-bond acceptors (Lipinski definition) is 3. The molecule has 1 aromatic carbocycles. The fourth-order valence-electron chi connectivity index (χ4n) is 2.77. The lowest BCUT2D eigenvalue weighted by atomic mass is 10.2. The number of piperidine rings is 1. The molecule has 1 saturated heterocycles. The number of benzene rings is 1. The van der Waals surface area contributed by atoms with Crippen LogP contribution in [0.4, 0.5) is 4.39 Å². The molecule has 0 aliphatic carbocycles. The summed E-state index contributed by atoms with van der Waals surface area (Å²) in [6.45, 7) is 1.38. The summed E-state index contributed by atoms with van der Waals surface area (Å²) < 4.78 is 39.3. The summed E-state index contributed by atoms with van der Waals surface area (Å²) in [5.74, 6) is -0.438. The number of carbonyl (C=O) groups is 1. The van der Waals surface area contributed by atoms with Crippen molar-refractivity contribution in [2.75, 3.05) is 18.8 Å². The largest absolute Gasteiger partial charge is 0.352 e. The van der Waals surface area contributed by atoms with Crippen molar-refractivity contribution in [1.29, 1.82) is 0 Å². The second-order valence-corrected chi connectivity index (χ2v) is 8.19. The lowest BCUT2D eigenvalue weighted by molar-refractivity contribution is -0.121. The van der Waals surface area contributed by atoms with Crippen LogP contribution in [0.2, 0.25) is 0 Å². The van der Waals surface area contributed by atoms with E-state index in [0.717, 1.165) is 19.3 Å². The number of halogens is 1. The fourth-order valence-corrected chi connectivity index (χ4v) is 4.41. The van der Waals surface area contributed by atoms with Crippen LogP contribution in [-0.2, 0) is 21.4 Å². The summed E-state index contributed by atoms with van der Waals surface area (Å²) in [5, 5.41) is 2.66. The first-order valence-corrected chi connectivity index (χ1v) is 10.1. The molecule has 0 unspecified atom stereocenters. The van der Waals surface area contributed by atoms with Gasteiger partial charge in [0.05, 0.1) is 5.75 Å². The zero-order chi connectivity index (χ0) is 17.4. The Morgan fingerprint density at radius 2 is 1.83 bits per heavy atom. The van der Waals surface area contributed by atoms with Gasteiger partial charge in [-0.25, -0.2) is 17.1 Å². The minimum absolute atomic E-state index is 0.0909. The maximum Gasteiger partial charge on any atom is 0.220 e. The molecule has 1 aliphatic heterocycles. The van der Waals surface area contributed by atoms with Crippen molar-refractivity contribution < 1.29 is 17.6 Å². The molecular weight excluding hydrogens is 331 g/mol. The number of unbranched alkanes of at least 4 members (excludes halogenated alkanes) is 1. The van der Waals surface area contributed by atoms with Gasteiger partial charge in [0.25, 0.3) is 0 Å². The molecule has 2 rings (SSSR count). The molecule has 0 aromatic heterocycles. The van der Waals surface area contributed by atoms with Crippen LogP contribution in [0.15, 0.2) is 24.3 Å². The van der Waals surface area contributed by atoms with E-state index in [1.54, 1.807) is 22.5 Å². The lowest BCUT2D eigenvalue weighted by Crippen LogP contribution is -2.37. The Morgan fingerprint density at radius 3 is 2.54 bits per heavy atom. The van der Waals surface area contributed by atoms with E-state index < -0.39 is 10.0 Å². The number of sulfonamides is 1. The Labute approximate surface area is 143 Å². The van der Waals surface area contributed by atoms with Gasteiger partial charge in [0.15, 0.2) is 0 Å². The highest BCUT2D eigenvalue weighted by Crippen LogP contribution is 2.14. The number of carbonyl (C=O) groups excluding carboxylic acids is 1. The summed E-state index contributed by atoms with van der Waals surface area (Å²) in [4.78, 5) is 11.8. The summed E-state index contributed by atoms with van der Waals surface area (Å²) >= 11 is 0. The minimum atomic E-state index is -3.19. The predicted octanol–water partition coefficient (Wildman–Crippen LogP) is 2.43. The van der Waals surface area contributed by atoms with Crippen LogP contribution >= 0.6 is 0 Å². The van der Waals surface area contributed by atoms with E-state index in [9.17, 15) is 17.6 Å². The van der Waals surface area contributed by atoms with Gasteiger partial charge in [-0.3, -0.25) is 4.79 Å². The maximum atomic E-state index is 13.4. The standard InChI is InChI=1S/C17H25FN2O3S/c18-16-9-3-2-8-15(16)14-19-17(21)10-4-7-13-24(22,23)20-11-5-1-6-12-20/h2-3,8-9H,1,4-7,10-14H2,(H,19,21). The molecule has 1 aliphatic rings. The van der Waals surface area contributed by atoms with Crippen LogP contribution in [0.5, 0.6) is 0 Å². The average Bonchev–Trinajstić information content (AvgIpc) is 2.59. The van der Waals surface area contributed by atoms with Crippen molar-refractivity contribution in [2.45, 2.75) is 45.1 Å². The third-order valence-electron chi connectivity index (χ3n) is 4.20. The Hall–Kier alpha value is -1.47. The molecule has 0 atom stereocenters. The highest BCUT2D eigenvalue weighted by Gasteiger charge is 2.23. The normalized spacial score (nSPS) is 16.0. The van der Waals surface area contributed by atoms with Crippen LogP contribution in [0.3, 0.4) is 0 Å². The van der Waals surface area contributed by atoms with E-state index in [0.29, 0.717) is 31.5 Å². The minimum Gasteiger partial charge on any atom is -0.352 e. The van der Waals surface area contributed by atoms with E-state index in [2.05, 4.69) is 5.32 Å². The Bertz CT molecular complexity index is 643. The molecule has 134 valence electrons. The topological polar surface area (TPSA) is 66.5 Å². The predicted molar refractivity (Wildman–Crippen MR) is 91.3 cm³/mol. The van der Waals surface area contributed by atoms with E-state index in [1.165, 1.54) is 6.07 Å². The van der Waals surface area contributed by atoms with Crippen molar-refractivity contribution in [3.8, 4) is 0 Å². The SMILES string of the molecule is O=C(CCCCS(=O)(=O)N1CCCCC1)NCc1ccccc1F. The smallest absolute Gasteiger partial charge is 0.220 e. The highest BCUT2D eigenvalue weighted by molar-refractivity contribution is 7.89. The van der Waals surface area contributed by atoms with Gasteiger partial charge in [0.1, 0.15) is 5.82 Å². The molecular formula is C17H25FN2O3S. The summed E-state index contributed by atoms with van der Waals surface area (Å²) in [7, 11) is -3.19. The van der Waals surface area contributed by atoms with Crippen LogP contribution in [0, 0.1) is 5.82 Å². The zero-order valence-electron chi connectivity index (χ0n) is 13.8. The van der Waals surface area contributed by atoms with Crippen molar-refractivity contribution in [2.24, 2.45) is 0 Å². The molecule has 1 fully saturated rings. The summed E-state index contributed by atoms with van der Waals surface area (Å²) in [5.41, 5.74) is 0.443. The van der Waals surface area contributed by atoms with Gasteiger partial charge in [0.2, 0.25) is 15.9 Å². The molecule has 0 spiro atoms. The lowest BCUT2D eigenvalue weighted by Gasteiger charge is -2.25. The molecule has 0 bridgehead atoms. The van der Waals surface area contributed by atoms with Gasteiger partial charge in [-0.05, 0) is 31.7 Å². The van der Waals surface area contributed by atoms with Gasteiger partial charge < -0.3 is 5.32 Å². The highest BCUT2D eigenvalue weighted by atomic mass is 32.2. The van der Waals surface area contributed by atoms with Crippen molar-refractivity contribution in [3.63, 3.8) is 0 Å². The Balaban J connectivity index is 1.64. The molecule has 1 aromatic rings. The van der Waals surface area contributed by atoms with Crippen molar-refractivity contribution in [1.82, 2.24) is 9.62 Å². The molecule has 0 radical (unpaired) electrons. The third kappa shape index (κ3) is 5.87. The first-order chi connectivity index (χ1) is 11.5. The van der Waals surface area contributed by atoms with E-state index >= 15 is 0 Å². The van der Waals surface area contributed by atoms with Gasteiger partial charge >= 0.3 is 0 Å². The first-order valence-electron chi connectivity index (χ1n) is 8.47. The monoisotopic (exact) mass is 356 g/mol. The number of hydrogen-bond donors (Lipinski definition) is 1. The molecule has 1 N–H and O–H groups in total. The number of rotatable bonds is 8. The van der Waals surface area contributed by atoms with Crippen molar-refractivity contribution in [3.05, 3.63) is 35.6 Å². The number of nitrogens with one attached hydrogen (secondary N) is 1. The summed E-state index contributed by atoms with van der Waals surface area (Å²) in [6.07, 6.45) is 4.18. The Kier molecular flexibility index (Phi) is 7.17. The second kappa shape index (κ2) is 9.13. The molecule has 1 heterocycles. The van der Waals surface area contributed by atoms with Crippen LogP contribution < -0.4 is 5.32 Å². The third-order valence-corrected chi connectivity index (χ3v) is 6.15. The molecule has 7 heteroatoms. The fraction of sp³-hybridized carbons (Fsp3) is 0.588. The van der Waals surface area contributed by atoms with Crippen LogP contribution in [0.25, 0.3) is 0 Å². The number of amides is 1. The molecule has 0 saturated carbocycles. The van der Waals surface area contributed by atoms with E-state index in [4.69, 9.17) is 0 Å². The number of nitrogens with zero attached hydrogens (tertiary/aromatic N) is 1. The van der Waals surface area contributed by atoms with Gasteiger partial charge in [0, 0.05) is 31.6 Å². The Morgan fingerprint density at radius 1 is 1.12 bits per heavy atom. The zero-order valence-corrected chi connectivity index (χ0v) is 14.7. The molecule has 5 nitrogen and oxygen atoms in total. The second-order valence-electron chi connectivity index (χ2n) is 6.10. The van der Waals surface area contributed by atoms with Gasteiger partial charge in [-0.1, -0.05) is 24.6 Å². The van der Waals surface area contributed by atoms with Crippen LogP contribution in [0.1, 0.15) is 44.1 Å². The molecule has 1 amide bonds. The summed E-state index contributed by atoms with van der Waals surface area (Å²) in [6, 6.07) is 6.30. The average molecular weight is 356 g/mol. The van der Waals surface area contributed by atoms with E-state index in [1.807, 2.05) is 0 Å². The first kappa shape index (κ1) is 18.9. The van der Waals surface area contributed by atoms with Gasteiger partial charge in [-0.2, -0.15) is 0 Å². The maximum absolute atomic E-state index is 13.4. The van der Waals surface area contributed by atoms with Crippen molar-refractivity contribution >= 4 is 15.9 Å². The van der Waals surface area contributed by atoms with Crippen LogP contribution in [-0.4, -0.2) is 37.5 Å². The van der Waals surface area contributed by atoms with Gasteiger partial charge in [-0.15, -0.1) is 0 Å². The van der Waals surface area contributed by atoms with E-state index in [-0.39, 0.29) is 30.4 Å².